The van der Waals surface area contributed by atoms with E-state index in [0.29, 0.717) is 24.3 Å². The lowest BCUT2D eigenvalue weighted by Crippen LogP contribution is -2.26. The van der Waals surface area contributed by atoms with Gasteiger partial charge in [-0.25, -0.2) is 9.40 Å². The summed E-state index contributed by atoms with van der Waals surface area (Å²) in [4.78, 5) is 12.3. The zero-order valence-electron chi connectivity index (χ0n) is 13.7. The van der Waals surface area contributed by atoms with E-state index in [2.05, 4.69) is 5.10 Å². The van der Waals surface area contributed by atoms with E-state index >= 15 is 0 Å². The van der Waals surface area contributed by atoms with Gasteiger partial charge in [0.05, 0.1) is 11.8 Å². The Bertz CT molecular complexity index is 848. The fourth-order valence-corrected chi connectivity index (χ4v) is 3.10. The molecule has 1 unspecified atom stereocenters. The van der Waals surface area contributed by atoms with E-state index in [1.807, 2.05) is 18.2 Å². The number of carbonyl (C=O) groups excluding carboxylic acids is 1. The Morgan fingerprint density at radius 2 is 1.96 bits per heavy atom. The normalized spacial score (nSPS) is 18.4. The van der Waals surface area contributed by atoms with Gasteiger partial charge in [-0.15, -0.1) is 0 Å². The third kappa shape index (κ3) is 2.84. The summed E-state index contributed by atoms with van der Waals surface area (Å²) in [7, 11) is 0. The zero-order chi connectivity index (χ0) is 17.4. The molecule has 6 heteroatoms. The highest BCUT2D eigenvalue weighted by Gasteiger charge is 2.32. The first kappa shape index (κ1) is 15.6. The molecule has 2 aromatic rings. The van der Waals surface area contributed by atoms with Gasteiger partial charge in [0.2, 0.25) is 12.7 Å². The van der Waals surface area contributed by atoms with Crippen molar-refractivity contribution in [1.82, 2.24) is 5.01 Å². The van der Waals surface area contributed by atoms with Gasteiger partial charge >= 0.3 is 0 Å². The average Bonchev–Trinajstić information content (AvgIpc) is 3.28. The first-order chi connectivity index (χ1) is 12.2. The maximum absolute atomic E-state index is 13.2. The van der Waals surface area contributed by atoms with Crippen LogP contribution in [0.15, 0.2) is 47.6 Å². The Kier molecular flexibility index (Phi) is 3.87. The molecule has 0 N–H and O–H groups in total. The van der Waals surface area contributed by atoms with Crippen molar-refractivity contribution in [2.75, 3.05) is 6.79 Å². The Balaban J connectivity index is 1.67. The number of benzene rings is 2. The van der Waals surface area contributed by atoms with Crippen LogP contribution in [-0.4, -0.2) is 23.4 Å². The molecule has 4 rings (SSSR count). The number of hydrogen-bond donors (Lipinski definition) is 0. The molecule has 2 aliphatic rings. The standard InChI is InChI=1S/C19H17FN2O3/c1-2-19(23)22-16(12-3-6-14(20)7-4-12)10-15(21-22)13-5-8-17-18(9-13)25-11-24-17/h3-9,16H,2,10-11H2,1H3. The Morgan fingerprint density at radius 1 is 1.20 bits per heavy atom. The summed E-state index contributed by atoms with van der Waals surface area (Å²) in [5, 5.41) is 6.05. The Morgan fingerprint density at radius 3 is 2.72 bits per heavy atom. The quantitative estimate of drug-likeness (QED) is 0.857. The van der Waals surface area contributed by atoms with Crippen LogP contribution in [0.5, 0.6) is 11.5 Å². The smallest absolute Gasteiger partial charge is 0.242 e. The van der Waals surface area contributed by atoms with Crippen LogP contribution in [0.25, 0.3) is 0 Å². The van der Waals surface area contributed by atoms with Gasteiger partial charge in [0.25, 0.3) is 0 Å². The summed E-state index contributed by atoms with van der Waals surface area (Å²) in [5.41, 5.74) is 2.56. The molecule has 2 aliphatic heterocycles. The van der Waals surface area contributed by atoms with Crippen LogP contribution in [0, 0.1) is 5.82 Å². The fourth-order valence-electron chi connectivity index (χ4n) is 3.10. The molecular weight excluding hydrogens is 323 g/mol. The van der Waals surface area contributed by atoms with E-state index in [0.717, 1.165) is 16.8 Å². The molecule has 0 aromatic heterocycles. The van der Waals surface area contributed by atoms with Gasteiger partial charge < -0.3 is 9.47 Å². The van der Waals surface area contributed by atoms with Crippen molar-refractivity contribution in [2.24, 2.45) is 5.10 Å². The number of nitrogens with zero attached hydrogens (tertiary/aromatic N) is 2. The van der Waals surface area contributed by atoms with Crippen LogP contribution < -0.4 is 9.47 Å². The van der Waals surface area contributed by atoms with Crippen molar-refractivity contribution in [3.63, 3.8) is 0 Å². The minimum absolute atomic E-state index is 0.0648. The molecule has 5 nitrogen and oxygen atoms in total. The molecule has 0 saturated heterocycles. The average molecular weight is 340 g/mol. The van der Waals surface area contributed by atoms with Gasteiger partial charge in [0.15, 0.2) is 11.5 Å². The minimum Gasteiger partial charge on any atom is -0.454 e. The molecule has 0 fully saturated rings. The van der Waals surface area contributed by atoms with Gasteiger partial charge in [-0.1, -0.05) is 19.1 Å². The largest absolute Gasteiger partial charge is 0.454 e. The summed E-state index contributed by atoms with van der Waals surface area (Å²) in [6, 6.07) is 11.6. The fraction of sp³-hybridized carbons (Fsp3) is 0.263. The van der Waals surface area contributed by atoms with Crippen molar-refractivity contribution in [3.8, 4) is 11.5 Å². The van der Waals surface area contributed by atoms with E-state index in [9.17, 15) is 9.18 Å². The molecule has 0 bridgehead atoms. The van der Waals surface area contributed by atoms with Crippen molar-refractivity contribution in [1.29, 1.82) is 0 Å². The second kappa shape index (κ2) is 6.20. The van der Waals surface area contributed by atoms with Crippen LogP contribution in [0.2, 0.25) is 0 Å². The number of rotatable bonds is 3. The van der Waals surface area contributed by atoms with E-state index in [1.54, 1.807) is 19.1 Å². The highest BCUT2D eigenvalue weighted by molar-refractivity contribution is 6.03. The summed E-state index contributed by atoms with van der Waals surface area (Å²) < 4.78 is 24.0. The van der Waals surface area contributed by atoms with Gasteiger partial charge in [-0.3, -0.25) is 4.79 Å². The highest BCUT2D eigenvalue weighted by Crippen LogP contribution is 2.37. The summed E-state index contributed by atoms with van der Waals surface area (Å²) in [6.07, 6.45) is 0.923. The van der Waals surface area contributed by atoms with E-state index < -0.39 is 0 Å². The SMILES string of the molecule is CCC(=O)N1N=C(c2ccc3c(c2)OCO3)CC1c1ccc(F)cc1. The molecule has 0 aliphatic carbocycles. The summed E-state index contributed by atoms with van der Waals surface area (Å²) in [6.45, 7) is 2.02. The molecule has 25 heavy (non-hydrogen) atoms. The molecule has 1 amide bonds. The number of fused-ring (bicyclic) bond motifs is 1. The van der Waals surface area contributed by atoms with Gasteiger partial charge in [0.1, 0.15) is 5.82 Å². The van der Waals surface area contributed by atoms with Crippen molar-refractivity contribution >= 4 is 11.6 Å². The lowest BCUT2D eigenvalue weighted by molar-refractivity contribution is -0.132. The van der Waals surface area contributed by atoms with Crippen LogP contribution >= 0.6 is 0 Å². The lowest BCUT2D eigenvalue weighted by Gasteiger charge is -2.21. The number of halogens is 1. The summed E-state index contributed by atoms with van der Waals surface area (Å²) >= 11 is 0. The first-order valence-corrected chi connectivity index (χ1v) is 8.20. The molecule has 0 saturated carbocycles. The third-order valence-electron chi connectivity index (χ3n) is 4.43. The van der Waals surface area contributed by atoms with Crippen molar-refractivity contribution < 1.29 is 18.7 Å². The van der Waals surface area contributed by atoms with Gasteiger partial charge in [-0.05, 0) is 35.9 Å². The summed E-state index contributed by atoms with van der Waals surface area (Å²) in [5.74, 6) is 1.02. The molecular formula is C19H17FN2O3. The number of hydrogen-bond acceptors (Lipinski definition) is 4. The molecule has 2 heterocycles. The maximum Gasteiger partial charge on any atom is 0.242 e. The van der Waals surface area contributed by atoms with Crippen LogP contribution in [0.1, 0.15) is 36.9 Å². The van der Waals surface area contributed by atoms with Crippen LogP contribution in [-0.2, 0) is 4.79 Å². The number of amides is 1. The van der Waals surface area contributed by atoms with Gasteiger partial charge in [-0.2, -0.15) is 5.10 Å². The highest BCUT2D eigenvalue weighted by atomic mass is 19.1. The number of ether oxygens (including phenoxy) is 2. The second-order valence-electron chi connectivity index (χ2n) is 5.98. The topological polar surface area (TPSA) is 51.1 Å². The predicted octanol–water partition coefficient (Wildman–Crippen LogP) is 3.64. The molecule has 0 spiro atoms. The lowest BCUT2D eigenvalue weighted by atomic mass is 9.98. The number of hydrazone groups is 1. The Labute approximate surface area is 144 Å². The predicted molar refractivity (Wildman–Crippen MR) is 90.0 cm³/mol. The monoisotopic (exact) mass is 340 g/mol. The van der Waals surface area contributed by atoms with Gasteiger partial charge in [0, 0.05) is 18.4 Å². The van der Waals surface area contributed by atoms with Crippen molar-refractivity contribution in [3.05, 3.63) is 59.4 Å². The molecule has 128 valence electrons. The maximum atomic E-state index is 13.2. The van der Waals surface area contributed by atoms with Crippen LogP contribution in [0.4, 0.5) is 4.39 Å². The Hall–Kier alpha value is -2.89. The molecule has 2 aromatic carbocycles. The van der Waals surface area contributed by atoms with Crippen LogP contribution in [0.3, 0.4) is 0 Å². The van der Waals surface area contributed by atoms with E-state index in [4.69, 9.17) is 9.47 Å². The number of carbonyl (C=O) groups is 1. The minimum atomic E-state index is -0.299. The molecule has 0 radical (unpaired) electrons. The van der Waals surface area contributed by atoms with Crippen molar-refractivity contribution in [2.45, 2.75) is 25.8 Å². The van der Waals surface area contributed by atoms with E-state index in [-0.39, 0.29) is 24.6 Å². The van der Waals surface area contributed by atoms with E-state index in [1.165, 1.54) is 17.1 Å². The first-order valence-electron chi connectivity index (χ1n) is 8.20. The third-order valence-corrected chi connectivity index (χ3v) is 4.43. The molecule has 1 atom stereocenters. The second-order valence-corrected chi connectivity index (χ2v) is 5.98. The zero-order valence-corrected chi connectivity index (χ0v) is 13.7.